The van der Waals surface area contributed by atoms with Crippen molar-refractivity contribution in [3.8, 4) is 0 Å². The van der Waals surface area contributed by atoms with E-state index in [-0.39, 0.29) is 0 Å². The number of aromatic nitrogens is 1. The van der Waals surface area contributed by atoms with Gasteiger partial charge in [-0.25, -0.2) is 4.39 Å². The second-order valence-electron chi connectivity index (χ2n) is 5.12. The second-order valence-corrected chi connectivity index (χ2v) is 5.12. The molecule has 3 aromatic rings. The Morgan fingerprint density at radius 1 is 1.13 bits per heavy atom. The smallest absolute Gasteiger partial charge is 0.253 e. The van der Waals surface area contributed by atoms with Crippen molar-refractivity contribution in [1.82, 2.24) is 9.72 Å². The summed E-state index contributed by atoms with van der Waals surface area (Å²) in [5, 5.41) is 2.58. The molecule has 0 fully saturated rings. The molecular formula is C17H14FN3O2. The van der Waals surface area contributed by atoms with Crippen molar-refractivity contribution in [3.63, 3.8) is 0 Å². The summed E-state index contributed by atoms with van der Waals surface area (Å²) >= 11 is 0. The van der Waals surface area contributed by atoms with Crippen LogP contribution in [0.25, 0.3) is 5.52 Å². The standard InChI is InChI=1S/C17H14FN3O2/c18-13-6-4-11(5-7-13)15(16(19)22)20-17(23)12-9-14-3-1-2-8-21(14)10-12/h1-10,15H,(H2,19,22)(H,20,23)/t15-/m0/s1. The van der Waals surface area contributed by atoms with Crippen LogP contribution in [0.1, 0.15) is 22.0 Å². The zero-order valence-electron chi connectivity index (χ0n) is 12.1. The summed E-state index contributed by atoms with van der Waals surface area (Å²) in [6, 6.07) is 11.5. The molecule has 3 rings (SSSR count). The van der Waals surface area contributed by atoms with Crippen LogP contribution in [0.15, 0.2) is 60.9 Å². The third-order valence-electron chi connectivity index (χ3n) is 3.53. The first-order valence-electron chi connectivity index (χ1n) is 6.97. The molecule has 0 unspecified atom stereocenters. The Hall–Kier alpha value is -3.15. The van der Waals surface area contributed by atoms with Crippen molar-refractivity contribution in [2.75, 3.05) is 0 Å². The number of primary amides is 1. The summed E-state index contributed by atoms with van der Waals surface area (Å²) < 4.78 is 14.8. The first kappa shape index (κ1) is 14.8. The molecule has 0 radical (unpaired) electrons. The molecule has 0 saturated carbocycles. The molecule has 6 heteroatoms. The molecule has 2 heterocycles. The molecule has 0 aliphatic heterocycles. The quantitative estimate of drug-likeness (QED) is 0.773. The number of carbonyl (C=O) groups excluding carboxylic acids is 2. The fourth-order valence-electron chi connectivity index (χ4n) is 2.37. The topological polar surface area (TPSA) is 76.6 Å². The predicted molar refractivity (Wildman–Crippen MR) is 83.2 cm³/mol. The number of nitrogens with zero attached hydrogens (tertiary/aromatic N) is 1. The highest BCUT2D eigenvalue weighted by atomic mass is 19.1. The highest BCUT2D eigenvalue weighted by Crippen LogP contribution is 2.16. The van der Waals surface area contributed by atoms with Gasteiger partial charge in [0.25, 0.3) is 5.91 Å². The van der Waals surface area contributed by atoms with Crippen molar-refractivity contribution in [2.24, 2.45) is 5.73 Å². The van der Waals surface area contributed by atoms with E-state index in [0.29, 0.717) is 11.1 Å². The SMILES string of the molecule is NC(=O)[C@@H](NC(=O)c1cc2ccccn2c1)c1ccc(F)cc1. The molecule has 1 atom stereocenters. The molecule has 23 heavy (non-hydrogen) atoms. The van der Waals surface area contributed by atoms with Crippen LogP contribution in [0.3, 0.4) is 0 Å². The summed E-state index contributed by atoms with van der Waals surface area (Å²) in [6.07, 6.45) is 3.48. The molecule has 0 spiro atoms. The van der Waals surface area contributed by atoms with Crippen LogP contribution in [0.4, 0.5) is 4.39 Å². The molecule has 0 saturated heterocycles. The zero-order chi connectivity index (χ0) is 16.4. The summed E-state index contributed by atoms with van der Waals surface area (Å²) in [6.45, 7) is 0. The average Bonchev–Trinajstić information content (AvgIpc) is 2.97. The van der Waals surface area contributed by atoms with Gasteiger partial charge in [-0.2, -0.15) is 0 Å². The van der Waals surface area contributed by atoms with Crippen molar-refractivity contribution in [2.45, 2.75) is 6.04 Å². The van der Waals surface area contributed by atoms with Gasteiger partial charge in [-0.3, -0.25) is 9.59 Å². The normalized spacial score (nSPS) is 12.0. The Bertz CT molecular complexity index is 838. The van der Waals surface area contributed by atoms with Crippen LogP contribution in [-0.2, 0) is 4.79 Å². The minimum Gasteiger partial charge on any atom is -0.368 e. The predicted octanol–water partition coefficient (Wildman–Crippen LogP) is 2.03. The number of fused-ring (bicyclic) bond motifs is 1. The lowest BCUT2D eigenvalue weighted by Crippen LogP contribution is -2.37. The third-order valence-corrected chi connectivity index (χ3v) is 3.53. The number of hydrogen-bond acceptors (Lipinski definition) is 2. The highest BCUT2D eigenvalue weighted by Gasteiger charge is 2.21. The highest BCUT2D eigenvalue weighted by molar-refractivity contribution is 5.98. The fourth-order valence-corrected chi connectivity index (χ4v) is 2.37. The maximum Gasteiger partial charge on any atom is 0.253 e. The lowest BCUT2D eigenvalue weighted by Gasteiger charge is -2.15. The summed E-state index contributed by atoms with van der Waals surface area (Å²) in [5.74, 6) is -1.57. The number of amides is 2. The largest absolute Gasteiger partial charge is 0.368 e. The minimum atomic E-state index is -1.02. The number of halogens is 1. The summed E-state index contributed by atoms with van der Waals surface area (Å²) in [4.78, 5) is 24.0. The van der Waals surface area contributed by atoms with Gasteiger partial charge in [0.1, 0.15) is 11.9 Å². The molecule has 5 nitrogen and oxygen atoms in total. The van der Waals surface area contributed by atoms with Gasteiger partial charge in [-0.15, -0.1) is 0 Å². The van der Waals surface area contributed by atoms with Gasteiger partial charge in [-0.05, 0) is 35.9 Å². The van der Waals surface area contributed by atoms with Gasteiger partial charge < -0.3 is 15.5 Å². The number of hydrogen-bond donors (Lipinski definition) is 2. The van der Waals surface area contributed by atoms with E-state index in [0.717, 1.165) is 5.52 Å². The summed E-state index contributed by atoms with van der Waals surface area (Å²) in [7, 11) is 0. The van der Waals surface area contributed by atoms with Crippen molar-refractivity contribution >= 4 is 17.3 Å². The summed E-state index contributed by atoms with van der Waals surface area (Å²) in [5.41, 5.74) is 7.05. The maximum atomic E-state index is 13.0. The molecule has 0 aliphatic carbocycles. The maximum absolute atomic E-state index is 13.0. The van der Waals surface area contributed by atoms with Crippen LogP contribution >= 0.6 is 0 Å². The monoisotopic (exact) mass is 311 g/mol. The molecular weight excluding hydrogens is 297 g/mol. The first-order valence-corrected chi connectivity index (χ1v) is 6.97. The molecule has 0 aliphatic rings. The Balaban J connectivity index is 1.86. The lowest BCUT2D eigenvalue weighted by molar-refractivity contribution is -0.120. The van der Waals surface area contributed by atoms with E-state index in [1.807, 2.05) is 24.4 Å². The molecule has 2 aromatic heterocycles. The number of rotatable bonds is 4. The van der Waals surface area contributed by atoms with Crippen LogP contribution in [0.5, 0.6) is 0 Å². The van der Waals surface area contributed by atoms with Crippen LogP contribution in [0.2, 0.25) is 0 Å². The number of carbonyl (C=O) groups is 2. The number of benzene rings is 1. The van der Waals surface area contributed by atoms with Crippen LogP contribution in [-0.4, -0.2) is 16.2 Å². The van der Waals surface area contributed by atoms with Gasteiger partial charge in [0, 0.05) is 17.9 Å². The van der Waals surface area contributed by atoms with Crippen molar-refractivity contribution in [1.29, 1.82) is 0 Å². The molecule has 1 aromatic carbocycles. The minimum absolute atomic E-state index is 0.407. The van der Waals surface area contributed by atoms with Crippen LogP contribution < -0.4 is 11.1 Å². The van der Waals surface area contributed by atoms with Gasteiger partial charge in [-0.1, -0.05) is 18.2 Å². The third kappa shape index (κ3) is 3.06. The Morgan fingerprint density at radius 3 is 2.52 bits per heavy atom. The van der Waals surface area contributed by atoms with E-state index in [1.54, 1.807) is 16.7 Å². The van der Waals surface area contributed by atoms with Crippen LogP contribution in [0, 0.1) is 5.82 Å². The van der Waals surface area contributed by atoms with E-state index < -0.39 is 23.7 Å². The van der Waals surface area contributed by atoms with Gasteiger partial charge in [0.05, 0.1) is 5.56 Å². The van der Waals surface area contributed by atoms with Gasteiger partial charge >= 0.3 is 0 Å². The number of nitrogens with two attached hydrogens (primary N) is 1. The Morgan fingerprint density at radius 2 is 1.87 bits per heavy atom. The van der Waals surface area contributed by atoms with Crippen molar-refractivity contribution in [3.05, 3.63) is 77.9 Å². The number of nitrogens with one attached hydrogen (secondary N) is 1. The molecule has 3 N–H and O–H groups in total. The second kappa shape index (κ2) is 5.92. The van der Waals surface area contributed by atoms with Gasteiger partial charge in [0.2, 0.25) is 5.91 Å². The lowest BCUT2D eigenvalue weighted by atomic mass is 10.1. The Kier molecular flexibility index (Phi) is 3.80. The van der Waals surface area contributed by atoms with E-state index in [9.17, 15) is 14.0 Å². The van der Waals surface area contributed by atoms with Gasteiger partial charge in [0.15, 0.2) is 0 Å². The Labute approximate surface area is 131 Å². The molecule has 0 bridgehead atoms. The first-order chi connectivity index (χ1) is 11.0. The van der Waals surface area contributed by atoms with Crippen molar-refractivity contribution < 1.29 is 14.0 Å². The zero-order valence-corrected chi connectivity index (χ0v) is 12.1. The van der Waals surface area contributed by atoms with E-state index in [2.05, 4.69) is 5.32 Å². The molecule has 2 amide bonds. The number of pyridine rings is 1. The molecule has 116 valence electrons. The van der Waals surface area contributed by atoms with E-state index in [4.69, 9.17) is 5.73 Å². The fraction of sp³-hybridized carbons (Fsp3) is 0.0588. The van der Waals surface area contributed by atoms with E-state index in [1.165, 1.54) is 24.3 Å². The van der Waals surface area contributed by atoms with E-state index >= 15 is 0 Å². The average molecular weight is 311 g/mol.